The summed E-state index contributed by atoms with van der Waals surface area (Å²) in [6.45, 7) is 4.04. The van der Waals surface area contributed by atoms with Gasteiger partial charge >= 0.3 is 0 Å². The Kier molecular flexibility index (Phi) is 4.70. The Hall–Kier alpha value is -0.960. The van der Waals surface area contributed by atoms with E-state index in [2.05, 4.69) is 4.98 Å². The number of hydrogen-bond donors (Lipinski definition) is 1. The zero-order valence-electron chi connectivity index (χ0n) is 11.7. The summed E-state index contributed by atoms with van der Waals surface area (Å²) < 4.78 is 0. The van der Waals surface area contributed by atoms with Crippen molar-refractivity contribution in [3.63, 3.8) is 0 Å². The molecule has 0 spiro atoms. The van der Waals surface area contributed by atoms with Crippen LogP contribution in [0.1, 0.15) is 80.9 Å². The Balaban J connectivity index is 2.14. The third-order valence-electron chi connectivity index (χ3n) is 4.00. The molecule has 1 aliphatic rings. The molecule has 18 heavy (non-hydrogen) atoms. The second-order valence-corrected chi connectivity index (χ2v) is 5.60. The lowest BCUT2D eigenvalue weighted by Gasteiger charge is -2.19. The minimum atomic E-state index is 0.0244. The van der Waals surface area contributed by atoms with Crippen LogP contribution in [-0.2, 0) is 0 Å². The molecule has 0 amide bonds. The maximum atomic E-state index is 5.91. The van der Waals surface area contributed by atoms with Gasteiger partial charge < -0.3 is 5.73 Å². The number of nitrogens with two attached hydrogens (primary N) is 1. The van der Waals surface area contributed by atoms with E-state index in [0.717, 1.165) is 17.1 Å². The first kappa shape index (κ1) is 13.5. The highest BCUT2D eigenvalue weighted by Crippen LogP contribution is 2.29. The number of aromatic nitrogens is 2. The summed E-state index contributed by atoms with van der Waals surface area (Å²) in [6.07, 6.45) is 11.2. The molecule has 100 valence electrons. The lowest BCUT2D eigenvalue weighted by Crippen LogP contribution is -2.13. The molecule has 0 saturated heterocycles. The second-order valence-electron chi connectivity index (χ2n) is 5.60. The van der Waals surface area contributed by atoms with E-state index in [-0.39, 0.29) is 6.04 Å². The van der Waals surface area contributed by atoms with Gasteiger partial charge in [-0.05, 0) is 26.7 Å². The van der Waals surface area contributed by atoms with Gasteiger partial charge in [0.25, 0.3) is 0 Å². The maximum Gasteiger partial charge on any atom is 0.131 e. The van der Waals surface area contributed by atoms with Crippen LogP contribution in [0.2, 0.25) is 0 Å². The molecule has 0 bridgehead atoms. The van der Waals surface area contributed by atoms with Gasteiger partial charge in [-0.1, -0.05) is 32.1 Å². The molecule has 0 aromatic carbocycles. The van der Waals surface area contributed by atoms with E-state index in [1.165, 1.54) is 44.9 Å². The van der Waals surface area contributed by atoms with Crippen molar-refractivity contribution in [3.8, 4) is 0 Å². The minimum Gasteiger partial charge on any atom is -0.324 e. The van der Waals surface area contributed by atoms with Crippen LogP contribution in [0.25, 0.3) is 0 Å². The van der Waals surface area contributed by atoms with Crippen LogP contribution in [-0.4, -0.2) is 9.97 Å². The number of aryl methyl sites for hydroxylation is 1. The molecule has 3 heteroatoms. The van der Waals surface area contributed by atoms with E-state index in [0.29, 0.717) is 5.92 Å². The molecule has 1 aromatic rings. The quantitative estimate of drug-likeness (QED) is 0.868. The first-order valence-corrected chi connectivity index (χ1v) is 7.27. The highest BCUT2D eigenvalue weighted by molar-refractivity contribution is 5.20. The number of rotatable bonds is 2. The van der Waals surface area contributed by atoms with E-state index in [9.17, 15) is 0 Å². The molecule has 1 unspecified atom stereocenters. The summed E-state index contributed by atoms with van der Waals surface area (Å²) in [6, 6.07) is 0.0244. The van der Waals surface area contributed by atoms with Crippen molar-refractivity contribution in [2.24, 2.45) is 5.73 Å². The molecule has 1 atom stereocenters. The molecule has 2 N–H and O–H groups in total. The van der Waals surface area contributed by atoms with Gasteiger partial charge in [-0.25, -0.2) is 9.97 Å². The Morgan fingerprint density at radius 2 is 1.78 bits per heavy atom. The van der Waals surface area contributed by atoms with Crippen LogP contribution in [0.15, 0.2) is 6.20 Å². The monoisotopic (exact) mass is 247 g/mol. The zero-order valence-corrected chi connectivity index (χ0v) is 11.7. The van der Waals surface area contributed by atoms with Crippen molar-refractivity contribution in [1.29, 1.82) is 0 Å². The first-order chi connectivity index (χ1) is 8.68. The van der Waals surface area contributed by atoms with E-state index >= 15 is 0 Å². The summed E-state index contributed by atoms with van der Waals surface area (Å²) in [5.41, 5.74) is 8.04. The van der Waals surface area contributed by atoms with Crippen molar-refractivity contribution < 1.29 is 0 Å². The van der Waals surface area contributed by atoms with Gasteiger partial charge in [-0.2, -0.15) is 0 Å². The zero-order chi connectivity index (χ0) is 13.0. The average Bonchev–Trinajstić information content (AvgIpc) is 2.27. The third kappa shape index (κ3) is 3.29. The van der Waals surface area contributed by atoms with Crippen LogP contribution < -0.4 is 5.73 Å². The molecule has 1 aliphatic carbocycles. The van der Waals surface area contributed by atoms with Crippen LogP contribution in [0.4, 0.5) is 0 Å². The van der Waals surface area contributed by atoms with E-state index < -0.39 is 0 Å². The summed E-state index contributed by atoms with van der Waals surface area (Å²) in [4.78, 5) is 9.26. The lowest BCUT2D eigenvalue weighted by atomic mass is 9.90. The van der Waals surface area contributed by atoms with Gasteiger partial charge in [0.15, 0.2) is 0 Å². The normalized spacial score (nSPS) is 20.2. The third-order valence-corrected chi connectivity index (χ3v) is 4.00. The fourth-order valence-electron chi connectivity index (χ4n) is 2.85. The minimum absolute atomic E-state index is 0.0244. The molecular formula is C15H25N3. The van der Waals surface area contributed by atoms with E-state index in [1.807, 2.05) is 20.0 Å². The number of hydrogen-bond acceptors (Lipinski definition) is 3. The molecule has 2 rings (SSSR count). The Morgan fingerprint density at radius 1 is 1.17 bits per heavy atom. The summed E-state index contributed by atoms with van der Waals surface area (Å²) in [7, 11) is 0. The second kappa shape index (κ2) is 6.28. The van der Waals surface area contributed by atoms with Crippen LogP contribution in [0.3, 0.4) is 0 Å². The van der Waals surface area contributed by atoms with Gasteiger partial charge in [-0.15, -0.1) is 0 Å². The Morgan fingerprint density at radius 3 is 2.33 bits per heavy atom. The van der Waals surface area contributed by atoms with Gasteiger partial charge in [0, 0.05) is 29.4 Å². The fraction of sp³-hybridized carbons (Fsp3) is 0.733. The molecule has 1 saturated carbocycles. The van der Waals surface area contributed by atoms with E-state index in [4.69, 9.17) is 10.7 Å². The van der Waals surface area contributed by atoms with Crippen LogP contribution in [0, 0.1) is 6.92 Å². The Labute approximate surface area is 110 Å². The van der Waals surface area contributed by atoms with Gasteiger partial charge in [0.05, 0.1) is 0 Å². The molecule has 3 nitrogen and oxygen atoms in total. The predicted molar refractivity (Wildman–Crippen MR) is 74.4 cm³/mol. The summed E-state index contributed by atoms with van der Waals surface area (Å²) in [5.74, 6) is 1.60. The summed E-state index contributed by atoms with van der Waals surface area (Å²) in [5, 5.41) is 0. The van der Waals surface area contributed by atoms with Gasteiger partial charge in [0.2, 0.25) is 0 Å². The van der Waals surface area contributed by atoms with Gasteiger partial charge in [0.1, 0.15) is 5.82 Å². The summed E-state index contributed by atoms with van der Waals surface area (Å²) >= 11 is 0. The molecule has 0 radical (unpaired) electrons. The topological polar surface area (TPSA) is 51.8 Å². The first-order valence-electron chi connectivity index (χ1n) is 7.27. The molecule has 1 aromatic heterocycles. The smallest absolute Gasteiger partial charge is 0.131 e. The molecule has 0 aliphatic heterocycles. The van der Waals surface area contributed by atoms with E-state index in [1.54, 1.807) is 0 Å². The van der Waals surface area contributed by atoms with Crippen LogP contribution >= 0.6 is 0 Å². The fourth-order valence-corrected chi connectivity index (χ4v) is 2.85. The van der Waals surface area contributed by atoms with Crippen molar-refractivity contribution in [2.75, 3.05) is 0 Å². The van der Waals surface area contributed by atoms with Crippen molar-refractivity contribution in [3.05, 3.63) is 23.3 Å². The molecule has 1 heterocycles. The number of nitrogens with zero attached hydrogens (tertiary/aromatic N) is 2. The van der Waals surface area contributed by atoms with Crippen molar-refractivity contribution in [1.82, 2.24) is 9.97 Å². The molecular weight excluding hydrogens is 222 g/mol. The van der Waals surface area contributed by atoms with Crippen molar-refractivity contribution in [2.45, 2.75) is 70.8 Å². The Bertz CT molecular complexity index is 379. The van der Waals surface area contributed by atoms with Gasteiger partial charge in [-0.3, -0.25) is 0 Å². The lowest BCUT2D eigenvalue weighted by molar-refractivity contribution is 0.441. The largest absolute Gasteiger partial charge is 0.324 e. The average molecular weight is 247 g/mol. The highest BCUT2D eigenvalue weighted by Gasteiger charge is 2.17. The molecule has 1 fully saturated rings. The SMILES string of the molecule is Cc1nc(C2CCCCCCC2)ncc1C(C)N. The maximum absolute atomic E-state index is 5.91. The van der Waals surface area contributed by atoms with Crippen molar-refractivity contribution >= 4 is 0 Å². The predicted octanol–water partition coefficient (Wildman–Crippen LogP) is 3.63. The highest BCUT2D eigenvalue weighted by atomic mass is 14.9. The standard InChI is InChI=1S/C15H25N3/c1-11(16)14-10-17-15(18-12(14)2)13-8-6-4-3-5-7-9-13/h10-11,13H,3-9,16H2,1-2H3. The van der Waals surface area contributed by atoms with Crippen LogP contribution in [0.5, 0.6) is 0 Å².